The molecule has 0 spiro atoms. The van der Waals surface area contributed by atoms with E-state index in [1.54, 1.807) is 12.3 Å². The Labute approximate surface area is 61.9 Å². The lowest BCUT2D eigenvalue weighted by Gasteiger charge is -1.88. The molecule has 56 valence electrons. The lowest BCUT2D eigenvalue weighted by Crippen LogP contribution is -1.93. The zero-order valence-electron chi connectivity index (χ0n) is 5.92. The Morgan fingerprint density at radius 3 is 3.18 bits per heavy atom. The van der Waals surface area contributed by atoms with Crippen LogP contribution in [-0.2, 0) is 0 Å². The molecule has 0 aliphatic heterocycles. The largest absolute Gasteiger partial charge is 0.417 e. The van der Waals surface area contributed by atoms with Crippen molar-refractivity contribution in [2.45, 2.75) is 6.92 Å². The van der Waals surface area contributed by atoms with Gasteiger partial charge in [-0.2, -0.15) is 0 Å². The highest BCUT2D eigenvalue weighted by Gasteiger charge is 2.01. The molecule has 2 rings (SSSR count). The third kappa shape index (κ3) is 0.832. The molecule has 0 atom stereocenters. The molecule has 0 aromatic carbocycles. The van der Waals surface area contributed by atoms with Gasteiger partial charge in [0.1, 0.15) is 5.52 Å². The molecule has 0 bridgehead atoms. The van der Waals surface area contributed by atoms with Crippen LogP contribution in [0.5, 0.6) is 0 Å². The summed E-state index contributed by atoms with van der Waals surface area (Å²) in [5.74, 6) is -0.434. The van der Waals surface area contributed by atoms with Crippen LogP contribution in [0.15, 0.2) is 21.5 Å². The van der Waals surface area contributed by atoms with Gasteiger partial charge < -0.3 is 4.42 Å². The second kappa shape index (κ2) is 1.95. The van der Waals surface area contributed by atoms with Crippen molar-refractivity contribution in [3.8, 4) is 0 Å². The third-order valence-corrected chi connectivity index (χ3v) is 1.53. The van der Waals surface area contributed by atoms with Gasteiger partial charge in [0.25, 0.3) is 0 Å². The summed E-state index contributed by atoms with van der Waals surface area (Å²) in [6.45, 7) is 1.81. The number of nitrogens with zero attached hydrogens (tertiary/aromatic N) is 1. The third-order valence-electron chi connectivity index (χ3n) is 1.53. The molecule has 0 aliphatic rings. The van der Waals surface area contributed by atoms with Gasteiger partial charge in [-0.3, -0.25) is 9.97 Å². The van der Waals surface area contributed by atoms with Gasteiger partial charge in [-0.05, 0) is 6.92 Å². The Hall–Kier alpha value is -1.58. The molecule has 2 aromatic heterocycles. The lowest BCUT2D eigenvalue weighted by atomic mass is 10.3. The molecule has 0 aliphatic carbocycles. The highest BCUT2D eigenvalue weighted by molar-refractivity contribution is 5.73. The van der Waals surface area contributed by atoms with Crippen LogP contribution in [0.1, 0.15) is 5.69 Å². The Morgan fingerprint density at radius 1 is 1.64 bits per heavy atom. The summed E-state index contributed by atoms with van der Waals surface area (Å²) in [5.41, 5.74) is 2.01. The van der Waals surface area contributed by atoms with Gasteiger partial charge in [-0.1, -0.05) is 0 Å². The van der Waals surface area contributed by atoms with Crippen molar-refractivity contribution in [1.82, 2.24) is 9.97 Å². The number of rotatable bonds is 0. The number of H-pyrrole nitrogens is 1. The van der Waals surface area contributed by atoms with Gasteiger partial charge >= 0.3 is 5.76 Å². The number of fused-ring (bicyclic) bond motifs is 1. The van der Waals surface area contributed by atoms with Crippen LogP contribution in [0.3, 0.4) is 0 Å². The zero-order valence-corrected chi connectivity index (χ0v) is 5.92. The van der Waals surface area contributed by atoms with E-state index in [-0.39, 0.29) is 0 Å². The number of oxazole rings is 1. The minimum Gasteiger partial charge on any atom is -0.408 e. The molecule has 0 amide bonds. The molecule has 0 radical (unpaired) electrons. The fraction of sp³-hybridized carbons (Fsp3) is 0.143. The first kappa shape index (κ1) is 6.15. The van der Waals surface area contributed by atoms with Gasteiger partial charge in [0.15, 0.2) is 5.58 Å². The molecular formula is C7H6N2O2. The number of nitrogens with one attached hydrogen (secondary N) is 1. The summed E-state index contributed by atoms with van der Waals surface area (Å²) < 4.78 is 4.80. The molecule has 2 heterocycles. The molecule has 0 saturated carbocycles. The highest BCUT2D eigenvalue weighted by Crippen LogP contribution is 2.09. The predicted molar refractivity (Wildman–Crippen MR) is 39.4 cm³/mol. The Kier molecular flexibility index (Phi) is 1.09. The van der Waals surface area contributed by atoms with Gasteiger partial charge in [0, 0.05) is 12.3 Å². The quantitative estimate of drug-likeness (QED) is 0.604. The van der Waals surface area contributed by atoms with Gasteiger partial charge in [-0.15, -0.1) is 0 Å². The predicted octanol–water partition coefficient (Wildman–Crippen LogP) is 0.825. The molecule has 11 heavy (non-hydrogen) atoms. The number of aromatic nitrogens is 2. The molecule has 0 fully saturated rings. The summed E-state index contributed by atoms with van der Waals surface area (Å²) >= 11 is 0. The van der Waals surface area contributed by atoms with E-state index in [1.807, 2.05) is 6.92 Å². The average Bonchev–Trinajstić information content (AvgIpc) is 2.31. The molecule has 1 N–H and O–H groups in total. The average molecular weight is 150 g/mol. The minimum atomic E-state index is -0.434. The fourth-order valence-corrected chi connectivity index (χ4v) is 1.01. The van der Waals surface area contributed by atoms with Crippen LogP contribution in [0.2, 0.25) is 0 Å². The number of aromatic amines is 1. The molecular weight excluding hydrogens is 144 g/mol. The second-order valence-electron chi connectivity index (χ2n) is 2.28. The van der Waals surface area contributed by atoms with Crippen LogP contribution in [-0.4, -0.2) is 9.97 Å². The Bertz CT molecular complexity index is 441. The monoisotopic (exact) mass is 150 g/mol. The summed E-state index contributed by atoms with van der Waals surface area (Å²) in [6.07, 6.45) is 1.61. The van der Waals surface area contributed by atoms with Gasteiger partial charge in [-0.25, -0.2) is 4.79 Å². The summed E-state index contributed by atoms with van der Waals surface area (Å²) in [6, 6.07) is 1.65. The van der Waals surface area contributed by atoms with Crippen LogP contribution in [0.25, 0.3) is 11.1 Å². The number of aryl methyl sites for hydroxylation is 1. The van der Waals surface area contributed by atoms with E-state index in [9.17, 15) is 4.79 Å². The minimum absolute atomic E-state index is 0.434. The molecule has 4 heteroatoms. The fourth-order valence-electron chi connectivity index (χ4n) is 1.01. The van der Waals surface area contributed by atoms with Crippen molar-refractivity contribution < 1.29 is 4.42 Å². The maximum atomic E-state index is 10.7. The van der Waals surface area contributed by atoms with E-state index in [4.69, 9.17) is 4.42 Å². The van der Waals surface area contributed by atoms with E-state index in [0.717, 1.165) is 5.69 Å². The SMILES string of the molecule is Cc1nccc2oc(=O)[nH]c12. The van der Waals surface area contributed by atoms with E-state index in [1.165, 1.54) is 0 Å². The van der Waals surface area contributed by atoms with Crippen LogP contribution < -0.4 is 5.76 Å². The number of hydrogen-bond acceptors (Lipinski definition) is 3. The summed E-state index contributed by atoms with van der Waals surface area (Å²) in [7, 11) is 0. The van der Waals surface area contributed by atoms with E-state index in [2.05, 4.69) is 9.97 Å². The van der Waals surface area contributed by atoms with E-state index >= 15 is 0 Å². The van der Waals surface area contributed by atoms with Crippen molar-refractivity contribution in [3.05, 3.63) is 28.5 Å². The van der Waals surface area contributed by atoms with Crippen LogP contribution in [0.4, 0.5) is 0 Å². The van der Waals surface area contributed by atoms with Crippen molar-refractivity contribution in [1.29, 1.82) is 0 Å². The first-order valence-electron chi connectivity index (χ1n) is 3.22. The van der Waals surface area contributed by atoms with Gasteiger partial charge in [0.05, 0.1) is 5.69 Å². The molecule has 0 saturated heterocycles. The Morgan fingerprint density at radius 2 is 2.45 bits per heavy atom. The van der Waals surface area contributed by atoms with E-state index < -0.39 is 5.76 Å². The smallest absolute Gasteiger partial charge is 0.408 e. The topological polar surface area (TPSA) is 58.9 Å². The standard InChI is InChI=1S/C7H6N2O2/c1-4-6-5(2-3-8-4)11-7(10)9-6/h2-3H,1H3,(H,9,10). The number of hydrogen-bond donors (Lipinski definition) is 1. The van der Waals surface area contributed by atoms with Gasteiger partial charge in [0.2, 0.25) is 0 Å². The van der Waals surface area contributed by atoms with Crippen molar-refractivity contribution in [2.75, 3.05) is 0 Å². The normalized spacial score (nSPS) is 10.6. The van der Waals surface area contributed by atoms with E-state index in [0.29, 0.717) is 11.1 Å². The molecule has 0 unspecified atom stereocenters. The van der Waals surface area contributed by atoms with Crippen LogP contribution in [0, 0.1) is 6.92 Å². The molecule has 2 aromatic rings. The Balaban J connectivity index is 3.01. The summed E-state index contributed by atoms with van der Waals surface area (Å²) in [5, 5.41) is 0. The maximum Gasteiger partial charge on any atom is 0.417 e. The lowest BCUT2D eigenvalue weighted by molar-refractivity contribution is 0.555. The van der Waals surface area contributed by atoms with Crippen molar-refractivity contribution in [2.24, 2.45) is 0 Å². The number of pyridine rings is 1. The van der Waals surface area contributed by atoms with Crippen LogP contribution >= 0.6 is 0 Å². The van der Waals surface area contributed by atoms with Crippen molar-refractivity contribution in [3.63, 3.8) is 0 Å². The van der Waals surface area contributed by atoms with Crippen molar-refractivity contribution >= 4 is 11.1 Å². The first-order valence-corrected chi connectivity index (χ1v) is 3.22. The maximum absolute atomic E-state index is 10.7. The second-order valence-corrected chi connectivity index (χ2v) is 2.28. The first-order chi connectivity index (χ1) is 5.27. The zero-order chi connectivity index (χ0) is 7.84. The highest BCUT2D eigenvalue weighted by atomic mass is 16.4. The summed E-state index contributed by atoms with van der Waals surface area (Å²) in [4.78, 5) is 17.2. The molecule has 4 nitrogen and oxygen atoms in total.